The molecule has 0 saturated carbocycles. The van der Waals surface area contributed by atoms with E-state index in [0.29, 0.717) is 23.0 Å². The molecule has 0 radical (unpaired) electrons. The largest absolute Gasteiger partial charge is 0.497 e. The number of sulfonamides is 1. The number of hydrogen-bond acceptors (Lipinski definition) is 6. The molecule has 35 heavy (non-hydrogen) atoms. The average molecular weight is 497 g/mol. The molecule has 1 unspecified atom stereocenters. The molecule has 0 aromatic heterocycles. The van der Waals surface area contributed by atoms with Gasteiger partial charge >= 0.3 is 5.97 Å². The van der Waals surface area contributed by atoms with Crippen molar-refractivity contribution < 1.29 is 27.5 Å². The highest BCUT2D eigenvalue weighted by atomic mass is 32.2. The second-order valence-electron chi connectivity index (χ2n) is 7.92. The van der Waals surface area contributed by atoms with Gasteiger partial charge in [0.15, 0.2) is 6.61 Å². The molecule has 8 nitrogen and oxygen atoms in total. The zero-order chi connectivity index (χ0) is 25.4. The normalized spacial score (nSPS) is 11.9. The van der Waals surface area contributed by atoms with Gasteiger partial charge in [-0.1, -0.05) is 32.0 Å². The van der Waals surface area contributed by atoms with Gasteiger partial charge in [0.2, 0.25) is 0 Å². The number of esters is 1. The van der Waals surface area contributed by atoms with Gasteiger partial charge in [-0.2, -0.15) is 0 Å². The summed E-state index contributed by atoms with van der Waals surface area (Å²) in [6, 6.07) is 19.3. The van der Waals surface area contributed by atoms with Crippen LogP contribution in [0.1, 0.15) is 42.1 Å². The van der Waals surface area contributed by atoms with Crippen molar-refractivity contribution in [3.05, 3.63) is 83.9 Å². The molecule has 0 bridgehead atoms. The maximum Gasteiger partial charge on any atom is 0.338 e. The first-order valence-corrected chi connectivity index (χ1v) is 12.5. The first-order chi connectivity index (χ1) is 16.7. The van der Waals surface area contributed by atoms with E-state index in [2.05, 4.69) is 23.9 Å². The van der Waals surface area contributed by atoms with Gasteiger partial charge < -0.3 is 14.8 Å². The Kier molecular flexibility index (Phi) is 8.48. The Morgan fingerprint density at radius 3 is 2.23 bits per heavy atom. The minimum absolute atomic E-state index is 0.00770. The molecule has 0 saturated heterocycles. The fourth-order valence-electron chi connectivity index (χ4n) is 3.21. The van der Waals surface area contributed by atoms with E-state index in [1.807, 2.05) is 12.1 Å². The van der Waals surface area contributed by atoms with Crippen LogP contribution in [-0.2, 0) is 19.6 Å². The molecular formula is C26H28N2O6S. The topological polar surface area (TPSA) is 111 Å². The van der Waals surface area contributed by atoms with Crippen LogP contribution in [-0.4, -0.2) is 34.0 Å². The minimum Gasteiger partial charge on any atom is -0.497 e. The molecule has 0 heterocycles. The lowest BCUT2D eigenvalue weighted by molar-refractivity contribution is -0.119. The van der Waals surface area contributed by atoms with E-state index in [9.17, 15) is 18.0 Å². The molecule has 3 aromatic rings. The number of amides is 1. The van der Waals surface area contributed by atoms with Gasteiger partial charge in [-0.05, 0) is 72.5 Å². The van der Waals surface area contributed by atoms with E-state index in [0.717, 1.165) is 6.42 Å². The van der Waals surface area contributed by atoms with Gasteiger partial charge in [0.1, 0.15) is 5.75 Å². The number of carbonyl (C=O) groups is 2. The van der Waals surface area contributed by atoms with Crippen molar-refractivity contribution in [1.82, 2.24) is 0 Å². The maximum atomic E-state index is 12.7. The lowest BCUT2D eigenvalue weighted by atomic mass is 9.99. The highest BCUT2D eigenvalue weighted by Crippen LogP contribution is 2.21. The Labute approximate surface area is 205 Å². The minimum atomic E-state index is -3.95. The molecule has 1 atom stereocenters. The molecule has 3 aromatic carbocycles. The Bertz CT molecular complexity index is 1270. The van der Waals surface area contributed by atoms with Gasteiger partial charge in [0.25, 0.3) is 15.9 Å². The summed E-state index contributed by atoms with van der Waals surface area (Å²) in [6.45, 7) is 3.73. The van der Waals surface area contributed by atoms with Gasteiger partial charge in [-0.3, -0.25) is 9.52 Å². The summed E-state index contributed by atoms with van der Waals surface area (Å²) in [7, 11) is -2.44. The van der Waals surface area contributed by atoms with Gasteiger partial charge in [0.05, 0.1) is 17.6 Å². The summed E-state index contributed by atoms with van der Waals surface area (Å²) in [5.74, 6) is -0.301. The molecule has 0 aliphatic heterocycles. The number of carbonyl (C=O) groups excluding carboxylic acids is 2. The predicted octanol–water partition coefficient (Wildman–Crippen LogP) is 4.81. The van der Waals surface area contributed by atoms with Crippen LogP contribution in [0, 0.1) is 0 Å². The van der Waals surface area contributed by atoms with Crippen molar-refractivity contribution in [2.75, 3.05) is 23.8 Å². The lowest BCUT2D eigenvalue weighted by Gasteiger charge is -2.11. The summed E-state index contributed by atoms with van der Waals surface area (Å²) in [6.07, 6.45) is 1.02. The third kappa shape index (κ3) is 7.07. The number of methoxy groups -OCH3 is 1. The third-order valence-corrected chi connectivity index (χ3v) is 6.81. The molecule has 0 spiro atoms. The summed E-state index contributed by atoms with van der Waals surface area (Å²) < 4.78 is 38.0. The number of rotatable bonds is 10. The first-order valence-electron chi connectivity index (χ1n) is 11.1. The molecule has 2 N–H and O–H groups in total. The Hall–Kier alpha value is -3.85. The number of hydrogen-bond donors (Lipinski definition) is 2. The van der Waals surface area contributed by atoms with Crippen LogP contribution in [0.5, 0.6) is 5.75 Å². The van der Waals surface area contributed by atoms with Crippen molar-refractivity contribution in [2.45, 2.75) is 31.1 Å². The molecule has 0 fully saturated rings. The van der Waals surface area contributed by atoms with Crippen molar-refractivity contribution in [3.8, 4) is 5.75 Å². The molecule has 0 aliphatic rings. The van der Waals surface area contributed by atoms with E-state index < -0.39 is 28.5 Å². The number of ether oxygens (including phenoxy) is 2. The van der Waals surface area contributed by atoms with Crippen LogP contribution < -0.4 is 14.8 Å². The van der Waals surface area contributed by atoms with Gasteiger partial charge in [0, 0.05) is 11.4 Å². The Morgan fingerprint density at radius 2 is 1.60 bits per heavy atom. The fraction of sp³-hybridized carbons (Fsp3) is 0.231. The van der Waals surface area contributed by atoms with E-state index in [1.54, 1.807) is 36.4 Å². The molecule has 1 amide bonds. The van der Waals surface area contributed by atoms with Crippen LogP contribution in [0.4, 0.5) is 11.4 Å². The van der Waals surface area contributed by atoms with E-state index in [4.69, 9.17) is 9.47 Å². The highest BCUT2D eigenvalue weighted by Gasteiger charge is 2.18. The standard InChI is InChI=1S/C26H28N2O6S/c1-4-18(2)19-8-10-21(11-9-19)27-25(29)17-34-26(30)20-6-5-7-24(16-20)35(31,32)28-22-12-14-23(33-3)15-13-22/h5-16,18,28H,4,17H2,1-3H3,(H,27,29). The molecule has 3 rings (SSSR count). The average Bonchev–Trinajstić information content (AvgIpc) is 2.87. The summed E-state index contributed by atoms with van der Waals surface area (Å²) in [5, 5.41) is 2.67. The Morgan fingerprint density at radius 1 is 0.943 bits per heavy atom. The summed E-state index contributed by atoms with van der Waals surface area (Å²) >= 11 is 0. The lowest BCUT2D eigenvalue weighted by Crippen LogP contribution is -2.21. The molecule has 0 aliphatic carbocycles. The zero-order valence-corrected chi connectivity index (χ0v) is 20.6. The van der Waals surface area contributed by atoms with Gasteiger partial charge in [-0.15, -0.1) is 0 Å². The monoisotopic (exact) mass is 496 g/mol. The number of anilines is 2. The maximum absolute atomic E-state index is 12.7. The number of nitrogens with one attached hydrogen (secondary N) is 2. The summed E-state index contributed by atoms with van der Waals surface area (Å²) in [5.41, 5.74) is 2.12. The quantitative estimate of drug-likeness (QED) is 0.390. The van der Waals surface area contributed by atoms with Crippen LogP contribution >= 0.6 is 0 Å². The van der Waals surface area contributed by atoms with E-state index in [-0.39, 0.29) is 10.5 Å². The fourth-order valence-corrected chi connectivity index (χ4v) is 4.31. The van der Waals surface area contributed by atoms with Gasteiger partial charge in [-0.25, -0.2) is 13.2 Å². The molecule has 184 valence electrons. The zero-order valence-electron chi connectivity index (χ0n) is 19.8. The van der Waals surface area contributed by atoms with Crippen molar-refractivity contribution in [3.63, 3.8) is 0 Å². The second-order valence-corrected chi connectivity index (χ2v) is 9.60. The van der Waals surface area contributed by atoms with Crippen LogP contribution in [0.15, 0.2) is 77.7 Å². The predicted molar refractivity (Wildman–Crippen MR) is 134 cm³/mol. The second kappa shape index (κ2) is 11.5. The van der Waals surface area contributed by atoms with E-state index >= 15 is 0 Å². The Balaban J connectivity index is 1.59. The van der Waals surface area contributed by atoms with Crippen LogP contribution in [0.3, 0.4) is 0 Å². The summed E-state index contributed by atoms with van der Waals surface area (Å²) in [4.78, 5) is 24.5. The van der Waals surface area contributed by atoms with Crippen LogP contribution in [0.25, 0.3) is 0 Å². The molecular weight excluding hydrogens is 468 g/mol. The van der Waals surface area contributed by atoms with Crippen molar-refractivity contribution in [2.24, 2.45) is 0 Å². The SMILES string of the molecule is CCC(C)c1ccc(NC(=O)COC(=O)c2cccc(S(=O)(=O)Nc3ccc(OC)cc3)c2)cc1. The van der Waals surface area contributed by atoms with Crippen molar-refractivity contribution >= 4 is 33.3 Å². The first kappa shape index (κ1) is 25.8. The molecule has 9 heteroatoms. The number of benzene rings is 3. The smallest absolute Gasteiger partial charge is 0.338 e. The third-order valence-electron chi connectivity index (χ3n) is 5.43. The van der Waals surface area contributed by atoms with Crippen molar-refractivity contribution in [1.29, 1.82) is 0 Å². The highest BCUT2D eigenvalue weighted by molar-refractivity contribution is 7.92. The van der Waals surface area contributed by atoms with Crippen LogP contribution in [0.2, 0.25) is 0 Å². The van der Waals surface area contributed by atoms with E-state index in [1.165, 1.54) is 36.9 Å².